The van der Waals surface area contributed by atoms with Crippen molar-refractivity contribution < 1.29 is 9.21 Å². The maximum Gasteiger partial charge on any atom is 0.272 e. The van der Waals surface area contributed by atoms with Crippen LogP contribution in [0.5, 0.6) is 0 Å². The largest absolute Gasteiger partial charge is 0.463 e. The second-order valence-corrected chi connectivity index (χ2v) is 7.15. The van der Waals surface area contributed by atoms with E-state index in [1.54, 1.807) is 10.9 Å². The second kappa shape index (κ2) is 8.63. The van der Waals surface area contributed by atoms with E-state index in [2.05, 4.69) is 5.10 Å². The van der Waals surface area contributed by atoms with Crippen molar-refractivity contribution in [3.63, 3.8) is 0 Å². The topological polar surface area (TPSA) is 77.3 Å². The molecule has 2 N–H and O–H groups in total. The van der Waals surface area contributed by atoms with Gasteiger partial charge in [-0.2, -0.15) is 5.10 Å². The second-order valence-electron chi connectivity index (χ2n) is 7.15. The molecule has 1 amide bonds. The lowest BCUT2D eigenvalue weighted by Gasteiger charge is -2.34. The van der Waals surface area contributed by atoms with Gasteiger partial charge in [-0.3, -0.25) is 4.79 Å². The van der Waals surface area contributed by atoms with Crippen LogP contribution in [0.3, 0.4) is 0 Å². The molecule has 2 unspecified atom stereocenters. The van der Waals surface area contributed by atoms with E-state index >= 15 is 0 Å². The molecule has 1 fully saturated rings. The first-order valence-electron chi connectivity index (χ1n) is 9.37. The summed E-state index contributed by atoms with van der Waals surface area (Å²) in [5.74, 6) is 0.959. The third-order valence-electron chi connectivity index (χ3n) is 5.19. The molecule has 148 valence electrons. The van der Waals surface area contributed by atoms with Crippen LogP contribution in [0.4, 0.5) is 0 Å². The third-order valence-corrected chi connectivity index (χ3v) is 5.19. The fraction of sp³-hybridized carbons (Fsp3) is 0.333. The summed E-state index contributed by atoms with van der Waals surface area (Å²) in [4.78, 5) is 15.2. The summed E-state index contributed by atoms with van der Waals surface area (Å²) in [7, 11) is 0. The maximum atomic E-state index is 13.3. The number of carbonyl (C=O) groups excluding carboxylic acids is 1. The molecule has 1 aromatic carbocycles. The summed E-state index contributed by atoms with van der Waals surface area (Å²) in [6.45, 7) is 3.45. The summed E-state index contributed by atoms with van der Waals surface area (Å²) in [5, 5.41) is 4.64. The highest BCUT2D eigenvalue weighted by Crippen LogP contribution is 2.25. The first kappa shape index (κ1) is 20.2. The SMILES string of the molecule is CC(N)C1CCCN(C(=O)c2cc(-c3ccco3)nn2-c2ccccc2)C1.Cl. The van der Waals surface area contributed by atoms with Crippen molar-refractivity contribution in [3.05, 3.63) is 60.5 Å². The Morgan fingerprint density at radius 1 is 1.25 bits per heavy atom. The van der Waals surface area contributed by atoms with Crippen LogP contribution in [0.15, 0.2) is 59.2 Å². The van der Waals surface area contributed by atoms with Crippen molar-refractivity contribution in [1.29, 1.82) is 0 Å². The number of furan rings is 1. The van der Waals surface area contributed by atoms with Gasteiger partial charge < -0.3 is 15.1 Å². The summed E-state index contributed by atoms with van der Waals surface area (Å²) in [6.07, 6.45) is 3.65. The number of benzene rings is 1. The number of nitrogens with zero attached hydrogens (tertiary/aromatic N) is 3. The quantitative estimate of drug-likeness (QED) is 0.723. The fourth-order valence-corrected chi connectivity index (χ4v) is 3.63. The van der Waals surface area contributed by atoms with Crippen molar-refractivity contribution >= 4 is 18.3 Å². The number of carbonyl (C=O) groups is 1. The molecule has 6 nitrogen and oxygen atoms in total. The maximum absolute atomic E-state index is 13.3. The Morgan fingerprint density at radius 2 is 2.04 bits per heavy atom. The van der Waals surface area contributed by atoms with Crippen molar-refractivity contribution in [2.45, 2.75) is 25.8 Å². The molecule has 2 atom stereocenters. The Balaban J connectivity index is 0.00000225. The van der Waals surface area contributed by atoms with Crippen LogP contribution in [0.25, 0.3) is 17.1 Å². The highest BCUT2D eigenvalue weighted by molar-refractivity contribution is 5.94. The minimum Gasteiger partial charge on any atom is -0.463 e. The Kier molecular flexibility index (Phi) is 6.21. The Morgan fingerprint density at radius 3 is 2.71 bits per heavy atom. The lowest BCUT2D eigenvalue weighted by molar-refractivity contribution is 0.0651. The van der Waals surface area contributed by atoms with Crippen LogP contribution >= 0.6 is 12.4 Å². The fourth-order valence-electron chi connectivity index (χ4n) is 3.63. The van der Waals surface area contributed by atoms with E-state index in [9.17, 15) is 4.79 Å². The molecular formula is C21H25ClN4O2. The first-order valence-corrected chi connectivity index (χ1v) is 9.37. The molecule has 0 saturated carbocycles. The van der Waals surface area contributed by atoms with Crippen molar-refractivity contribution in [2.24, 2.45) is 11.7 Å². The zero-order valence-corrected chi connectivity index (χ0v) is 16.6. The number of aromatic nitrogens is 2. The van der Waals surface area contributed by atoms with Gasteiger partial charge in [-0.15, -0.1) is 12.4 Å². The Hall–Kier alpha value is -2.57. The van der Waals surface area contributed by atoms with Crippen LogP contribution in [-0.4, -0.2) is 39.7 Å². The minimum absolute atomic E-state index is 0. The number of para-hydroxylation sites is 1. The van der Waals surface area contributed by atoms with Gasteiger partial charge in [0.05, 0.1) is 12.0 Å². The number of amides is 1. The smallest absolute Gasteiger partial charge is 0.272 e. The number of halogens is 1. The number of hydrogen-bond donors (Lipinski definition) is 1. The molecule has 3 heterocycles. The number of likely N-dealkylation sites (tertiary alicyclic amines) is 1. The van der Waals surface area contributed by atoms with Gasteiger partial charge in [-0.05, 0) is 49.9 Å². The van der Waals surface area contributed by atoms with E-state index in [-0.39, 0.29) is 24.4 Å². The molecule has 2 aromatic heterocycles. The number of nitrogens with two attached hydrogens (primary N) is 1. The molecule has 0 spiro atoms. The van der Waals surface area contributed by atoms with E-state index in [0.29, 0.717) is 29.6 Å². The van der Waals surface area contributed by atoms with Gasteiger partial charge in [0.25, 0.3) is 5.91 Å². The predicted octanol–water partition coefficient (Wildman–Crippen LogP) is 3.75. The average Bonchev–Trinajstić information content (AvgIpc) is 3.38. The van der Waals surface area contributed by atoms with Crippen molar-refractivity contribution in [3.8, 4) is 17.1 Å². The van der Waals surface area contributed by atoms with Gasteiger partial charge in [0.15, 0.2) is 5.76 Å². The van der Waals surface area contributed by atoms with E-state index in [0.717, 1.165) is 25.1 Å². The molecule has 7 heteroatoms. The van der Waals surface area contributed by atoms with Crippen LogP contribution < -0.4 is 5.73 Å². The molecule has 3 aromatic rings. The molecule has 0 aliphatic carbocycles. The van der Waals surface area contributed by atoms with Gasteiger partial charge in [0.2, 0.25) is 0 Å². The summed E-state index contributed by atoms with van der Waals surface area (Å²) in [6, 6.07) is 15.3. The van der Waals surface area contributed by atoms with E-state index in [1.165, 1.54) is 0 Å². The molecule has 0 radical (unpaired) electrons. The number of hydrogen-bond acceptors (Lipinski definition) is 4. The van der Waals surface area contributed by atoms with E-state index in [1.807, 2.05) is 60.4 Å². The zero-order valence-electron chi connectivity index (χ0n) is 15.8. The molecule has 28 heavy (non-hydrogen) atoms. The highest BCUT2D eigenvalue weighted by atomic mass is 35.5. The van der Waals surface area contributed by atoms with Crippen molar-refractivity contribution in [2.75, 3.05) is 13.1 Å². The molecule has 4 rings (SSSR count). The van der Waals surface area contributed by atoms with Gasteiger partial charge in [-0.1, -0.05) is 18.2 Å². The Labute approximate surface area is 170 Å². The number of piperidine rings is 1. The molecule has 1 aliphatic heterocycles. The standard InChI is InChI=1S/C21H24N4O2.ClH/c1-15(22)16-7-5-11-24(14-16)21(26)19-13-18(20-10-6-12-27-20)23-25(19)17-8-3-2-4-9-17;/h2-4,6,8-10,12-13,15-16H,5,7,11,14,22H2,1H3;1H. The summed E-state index contributed by atoms with van der Waals surface area (Å²) < 4.78 is 7.18. The lowest BCUT2D eigenvalue weighted by Crippen LogP contribution is -2.45. The van der Waals surface area contributed by atoms with Crippen LogP contribution in [0.1, 0.15) is 30.3 Å². The summed E-state index contributed by atoms with van der Waals surface area (Å²) in [5.41, 5.74) is 8.12. The van der Waals surface area contributed by atoms with Gasteiger partial charge >= 0.3 is 0 Å². The normalized spacial score (nSPS) is 17.8. The summed E-state index contributed by atoms with van der Waals surface area (Å²) >= 11 is 0. The average molecular weight is 401 g/mol. The van der Waals surface area contributed by atoms with E-state index in [4.69, 9.17) is 10.2 Å². The van der Waals surface area contributed by atoms with Gasteiger partial charge in [-0.25, -0.2) is 4.68 Å². The van der Waals surface area contributed by atoms with Crippen LogP contribution in [0, 0.1) is 5.92 Å². The molecule has 1 saturated heterocycles. The number of rotatable bonds is 4. The highest BCUT2D eigenvalue weighted by Gasteiger charge is 2.29. The third kappa shape index (κ3) is 3.98. The molecule has 0 bridgehead atoms. The minimum atomic E-state index is -0.0190. The van der Waals surface area contributed by atoms with E-state index < -0.39 is 0 Å². The first-order chi connectivity index (χ1) is 13.1. The van der Waals surface area contributed by atoms with Crippen molar-refractivity contribution in [1.82, 2.24) is 14.7 Å². The molecular weight excluding hydrogens is 376 g/mol. The van der Waals surface area contributed by atoms with Crippen LogP contribution in [-0.2, 0) is 0 Å². The van der Waals surface area contributed by atoms with Crippen LogP contribution in [0.2, 0.25) is 0 Å². The van der Waals surface area contributed by atoms with Gasteiger partial charge in [0.1, 0.15) is 11.4 Å². The monoisotopic (exact) mass is 400 g/mol. The van der Waals surface area contributed by atoms with Gasteiger partial charge in [0, 0.05) is 25.2 Å². The molecule has 1 aliphatic rings. The lowest BCUT2D eigenvalue weighted by atomic mass is 9.92. The zero-order chi connectivity index (χ0) is 18.8. The Bertz CT molecular complexity index is 906. The predicted molar refractivity (Wildman–Crippen MR) is 111 cm³/mol.